The molecule has 1 aromatic rings. The van der Waals surface area contributed by atoms with Crippen molar-refractivity contribution in [1.29, 1.82) is 0 Å². The van der Waals surface area contributed by atoms with E-state index in [9.17, 15) is 0 Å². The van der Waals surface area contributed by atoms with Gasteiger partial charge in [-0.3, -0.25) is 0 Å². The molecule has 0 bridgehead atoms. The van der Waals surface area contributed by atoms with Crippen LogP contribution in [0.4, 0.5) is 0 Å². The van der Waals surface area contributed by atoms with Gasteiger partial charge < -0.3 is 10.1 Å². The molecule has 1 N–H and O–H groups in total. The Bertz CT molecular complexity index is 403. The van der Waals surface area contributed by atoms with Gasteiger partial charge >= 0.3 is 0 Å². The SMILES string of the molecule is CNC(Cc1cccc(Cl)c1)C1=COCCC1. The third kappa shape index (κ3) is 3.48. The lowest BCUT2D eigenvalue weighted by atomic mass is 9.96. The molecule has 1 aromatic carbocycles. The van der Waals surface area contributed by atoms with Crippen LogP contribution in [0, 0.1) is 0 Å². The topological polar surface area (TPSA) is 21.3 Å². The Morgan fingerprint density at radius 1 is 1.47 bits per heavy atom. The van der Waals surface area contributed by atoms with Crippen molar-refractivity contribution in [3.8, 4) is 0 Å². The molecule has 0 saturated carbocycles. The quantitative estimate of drug-likeness (QED) is 0.888. The number of likely N-dealkylation sites (N-methyl/N-ethyl adjacent to an activating group) is 1. The Balaban J connectivity index is 2.06. The van der Waals surface area contributed by atoms with E-state index in [-0.39, 0.29) is 0 Å². The molecule has 0 spiro atoms. The first-order chi connectivity index (χ1) is 8.29. The van der Waals surface area contributed by atoms with E-state index < -0.39 is 0 Å². The van der Waals surface area contributed by atoms with Gasteiger partial charge in [0.25, 0.3) is 0 Å². The van der Waals surface area contributed by atoms with Crippen molar-refractivity contribution < 1.29 is 4.74 Å². The molecular weight excluding hydrogens is 234 g/mol. The molecule has 2 nitrogen and oxygen atoms in total. The Kier molecular flexibility index (Phi) is 4.46. The molecule has 2 rings (SSSR count). The van der Waals surface area contributed by atoms with E-state index in [0.717, 1.165) is 30.9 Å². The van der Waals surface area contributed by atoms with E-state index in [0.29, 0.717) is 6.04 Å². The van der Waals surface area contributed by atoms with E-state index in [1.165, 1.54) is 11.1 Å². The molecule has 17 heavy (non-hydrogen) atoms. The van der Waals surface area contributed by atoms with Crippen molar-refractivity contribution in [2.45, 2.75) is 25.3 Å². The summed E-state index contributed by atoms with van der Waals surface area (Å²) in [6.45, 7) is 0.844. The molecule has 1 atom stereocenters. The van der Waals surface area contributed by atoms with Crippen molar-refractivity contribution in [3.63, 3.8) is 0 Å². The maximum absolute atomic E-state index is 6.00. The van der Waals surface area contributed by atoms with Crippen molar-refractivity contribution in [3.05, 3.63) is 46.7 Å². The van der Waals surface area contributed by atoms with Crippen LogP contribution in [-0.4, -0.2) is 19.7 Å². The summed E-state index contributed by atoms with van der Waals surface area (Å²) in [5.74, 6) is 0. The highest BCUT2D eigenvalue weighted by Gasteiger charge is 2.15. The third-order valence-electron chi connectivity index (χ3n) is 3.09. The van der Waals surface area contributed by atoms with Crippen LogP contribution in [0.1, 0.15) is 18.4 Å². The lowest BCUT2D eigenvalue weighted by Gasteiger charge is -2.23. The predicted molar refractivity (Wildman–Crippen MR) is 71.3 cm³/mol. The van der Waals surface area contributed by atoms with Crippen molar-refractivity contribution in [2.24, 2.45) is 0 Å². The predicted octanol–water partition coefficient (Wildman–Crippen LogP) is 3.16. The van der Waals surface area contributed by atoms with E-state index in [2.05, 4.69) is 11.4 Å². The number of ether oxygens (including phenoxy) is 1. The van der Waals surface area contributed by atoms with Gasteiger partial charge in [0, 0.05) is 11.1 Å². The summed E-state index contributed by atoms with van der Waals surface area (Å²) in [6, 6.07) is 8.38. The lowest BCUT2D eigenvalue weighted by molar-refractivity contribution is 0.219. The fraction of sp³-hybridized carbons (Fsp3) is 0.429. The molecule has 0 aliphatic carbocycles. The second kappa shape index (κ2) is 6.08. The summed E-state index contributed by atoms with van der Waals surface area (Å²) >= 11 is 6.00. The van der Waals surface area contributed by atoms with Gasteiger partial charge in [-0.2, -0.15) is 0 Å². The number of halogens is 1. The Hall–Kier alpha value is -0.990. The van der Waals surface area contributed by atoms with Crippen LogP contribution in [0.5, 0.6) is 0 Å². The molecule has 0 aromatic heterocycles. The minimum atomic E-state index is 0.341. The fourth-order valence-corrected chi connectivity index (χ4v) is 2.37. The second-order valence-corrected chi connectivity index (χ2v) is 4.78. The lowest BCUT2D eigenvalue weighted by Crippen LogP contribution is -2.31. The number of hydrogen-bond acceptors (Lipinski definition) is 2. The summed E-state index contributed by atoms with van der Waals surface area (Å²) < 4.78 is 5.40. The van der Waals surface area contributed by atoms with Gasteiger partial charge in [0.2, 0.25) is 0 Å². The third-order valence-corrected chi connectivity index (χ3v) is 3.32. The first-order valence-electron chi connectivity index (χ1n) is 6.02. The van der Waals surface area contributed by atoms with Crippen molar-refractivity contribution in [2.75, 3.05) is 13.7 Å². The zero-order valence-electron chi connectivity index (χ0n) is 10.1. The van der Waals surface area contributed by atoms with Gasteiger partial charge in [0.15, 0.2) is 0 Å². The largest absolute Gasteiger partial charge is 0.501 e. The van der Waals surface area contributed by atoms with Gasteiger partial charge in [0.05, 0.1) is 12.9 Å². The number of rotatable bonds is 4. The van der Waals surface area contributed by atoms with Gasteiger partial charge in [-0.25, -0.2) is 0 Å². The summed E-state index contributed by atoms with van der Waals surface area (Å²) in [7, 11) is 1.99. The van der Waals surface area contributed by atoms with Crippen molar-refractivity contribution >= 4 is 11.6 Å². The Labute approximate surface area is 108 Å². The molecule has 0 amide bonds. The Morgan fingerprint density at radius 2 is 2.35 bits per heavy atom. The molecule has 1 aliphatic rings. The van der Waals surface area contributed by atoms with Crippen LogP contribution in [0.25, 0.3) is 0 Å². The number of nitrogens with one attached hydrogen (secondary N) is 1. The molecule has 0 fully saturated rings. The standard InChI is InChI=1S/C14H18ClNO/c1-16-14(12-5-3-7-17-10-12)9-11-4-2-6-13(15)8-11/h2,4,6,8,10,14,16H,3,5,7,9H2,1H3. The average molecular weight is 252 g/mol. The van der Waals surface area contributed by atoms with Crippen LogP contribution in [0.2, 0.25) is 5.02 Å². The van der Waals surface area contributed by atoms with Gasteiger partial charge in [-0.05, 0) is 49.6 Å². The van der Waals surface area contributed by atoms with Crippen LogP contribution >= 0.6 is 11.6 Å². The molecule has 92 valence electrons. The highest BCUT2D eigenvalue weighted by atomic mass is 35.5. The fourth-order valence-electron chi connectivity index (χ4n) is 2.16. The summed E-state index contributed by atoms with van der Waals surface area (Å²) in [5, 5.41) is 4.15. The molecule has 0 radical (unpaired) electrons. The molecule has 1 aliphatic heterocycles. The van der Waals surface area contributed by atoms with Gasteiger partial charge in [0.1, 0.15) is 0 Å². The van der Waals surface area contributed by atoms with Crippen LogP contribution in [-0.2, 0) is 11.2 Å². The van der Waals surface area contributed by atoms with E-state index >= 15 is 0 Å². The second-order valence-electron chi connectivity index (χ2n) is 4.34. The van der Waals surface area contributed by atoms with E-state index in [4.69, 9.17) is 16.3 Å². The summed E-state index contributed by atoms with van der Waals surface area (Å²) in [4.78, 5) is 0. The summed E-state index contributed by atoms with van der Waals surface area (Å²) in [6.07, 6.45) is 5.09. The maximum Gasteiger partial charge on any atom is 0.0876 e. The Morgan fingerprint density at radius 3 is 3.00 bits per heavy atom. The van der Waals surface area contributed by atoms with Crippen molar-refractivity contribution in [1.82, 2.24) is 5.32 Å². The van der Waals surface area contributed by atoms with Crippen LogP contribution < -0.4 is 5.32 Å². The molecule has 1 heterocycles. The zero-order valence-corrected chi connectivity index (χ0v) is 10.8. The smallest absolute Gasteiger partial charge is 0.0876 e. The van der Waals surface area contributed by atoms with E-state index in [1.807, 2.05) is 31.5 Å². The first kappa shape index (κ1) is 12.5. The maximum atomic E-state index is 6.00. The monoisotopic (exact) mass is 251 g/mol. The highest BCUT2D eigenvalue weighted by molar-refractivity contribution is 6.30. The first-order valence-corrected chi connectivity index (χ1v) is 6.39. The summed E-state index contributed by atoms with van der Waals surface area (Å²) in [5.41, 5.74) is 2.60. The van der Waals surface area contributed by atoms with Gasteiger partial charge in [-0.1, -0.05) is 23.7 Å². The highest BCUT2D eigenvalue weighted by Crippen LogP contribution is 2.20. The molecule has 1 unspecified atom stereocenters. The molecular formula is C14H18ClNO. The van der Waals surface area contributed by atoms with E-state index in [1.54, 1.807) is 0 Å². The number of benzene rings is 1. The molecule has 3 heteroatoms. The normalized spacial score (nSPS) is 17.2. The average Bonchev–Trinajstić information content (AvgIpc) is 2.37. The minimum Gasteiger partial charge on any atom is -0.501 e. The number of hydrogen-bond donors (Lipinski definition) is 1. The minimum absolute atomic E-state index is 0.341. The van der Waals surface area contributed by atoms with Crippen LogP contribution in [0.3, 0.4) is 0 Å². The van der Waals surface area contributed by atoms with Crippen LogP contribution in [0.15, 0.2) is 36.1 Å². The van der Waals surface area contributed by atoms with Gasteiger partial charge in [-0.15, -0.1) is 0 Å². The molecule has 0 saturated heterocycles. The zero-order chi connectivity index (χ0) is 12.1.